The second-order valence-corrected chi connectivity index (χ2v) is 4.70. The van der Waals surface area contributed by atoms with Crippen molar-refractivity contribution < 1.29 is 4.79 Å². The van der Waals surface area contributed by atoms with E-state index in [0.29, 0.717) is 12.2 Å². The van der Waals surface area contributed by atoms with Crippen molar-refractivity contribution in [1.29, 1.82) is 0 Å². The number of benzene rings is 1. The maximum absolute atomic E-state index is 12.3. The van der Waals surface area contributed by atoms with Gasteiger partial charge in [0.2, 0.25) is 0 Å². The van der Waals surface area contributed by atoms with Crippen LogP contribution < -0.4 is 11.1 Å². The number of rotatable bonds is 3. The highest BCUT2D eigenvalue weighted by Crippen LogP contribution is 2.24. The van der Waals surface area contributed by atoms with Crippen LogP contribution in [0.5, 0.6) is 0 Å². The highest BCUT2D eigenvalue weighted by Gasteiger charge is 2.14. The summed E-state index contributed by atoms with van der Waals surface area (Å²) in [6.07, 6.45) is 2.94. The number of pyridine rings is 1. The molecule has 1 aliphatic heterocycles. The van der Waals surface area contributed by atoms with Crippen molar-refractivity contribution >= 4 is 17.3 Å². The smallest absolute Gasteiger partial charge is 0.167 e. The Hall–Kier alpha value is -2.36. The molecule has 0 spiro atoms. The lowest BCUT2D eigenvalue weighted by atomic mass is 10.0. The number of nitrogen functional groups attached to an aromatic ring is 1. The largest absolute Gasteiger partial charge is 0.384 e. The number of carbonyl (C=O) groups excluding carboxylic acids is 1. The predicted molar refractivity (Wildman–Crippen MR) is 75.3 cm³/mol. The molecule has 3 N–H and O–H groups in total. The molecule has 0 aliphatic carbocycles. The van der Waals surface area contributed by atoms with Gasteiger partial charge in [-0.2, -0.15) is 0 Å². The van der Waals surface area contributed by atoms with Crippen molar-refractivity contribution in [2.45, 2.75) is 12.8 Å². The SMILES string of the molecule is Nc1ncccc1CC(=O)c1ccc2c(c1)NCC2. The first kappa shape index (κ1) is 11.7. The molecule has 1 aliphatic rings. The number of Topliss-reactive ketones (excluding diaryl/α,β-unsaturated/α-hetero) is 1. The fourth-order valence-electron chi connectivity index (χ4n) is 2.34. The van der Waals surface area contributed by atoms with Crippen molar-refractivity contribution in [3.8, 4) is 0 Å². The highest BCUT2D eigenvalue weighted by atomic mass is 16.1. The summed E-state index contributed by atoms with van der Waals surface area (Å²) in [7, 11) is 0. The van der Waals surface area contributed by atoms with E-state index in [-0.39, 0.29) is 5.78 Å². The van der Waals surface area contributed by atoms with Gasteiger partial charge in [0.15, 0.2) is 5.78 Å². The number of carbonyl (C=O) groups is 1. The minimum Gasteiger partial charge on any atom is -0.384 e. The maximum atomic E-state index is 12.3. The molecule has 1 aromatic heterocycles. The zero-order valence-electron chi connectivity index (χ0n) is 10.5. The lowest BCUT2D eigenvalue weighted by Crippen LogP contribution is -2.07. The number of ketones is 1. The number of nitrogens with two attached hydrogens (primary N) is 1. The minimum absolute atomic E-state index is 0.0659. The summed E-state index contributed by atoms with van der Waals surface area (Å²) in [5, 5.41) is 3.28. The molecule has 0 bridgehead atoms. The van der Waals surface area contributed by atoms with Crippen LogP contribution in [0.4, 0.5) is 11.5 Å². The lowest BCUT2D eigenvalue weighted by Gasteiger charge is -2.06. The molecule has 4 heteroatoms. The molecule has 0 atom stereocenters. The second kappa shape index (κ2) is 4.72. The van der Waals surface area contributed by atoms with Crippen LogP contribution in [0.1, 0.15) is 21.5 Å². The number of aromatic nitrogens is 1. The van der Waals surface area contributed by atoms with Crippen LogP contribution >= 0.6 is 0 Å². The molecule has 0 amide bonds. The monoisotopic (exact) mass is 253 g/mol. The summed E-state index contributed by atoms with van der Waals surface area (Å²) in [6.45, 7) is 0.947. The van der Waals surface area contributed by atoms with E-state index in [2.05, 4.69) is 10.3 Å². The van der Waals surface area contributed by atoms with Crippen LogP contribution in [0, 0.1) is 0 Å². The molecule has 4 nitrogen and oxygen atoms in total. The van der Waals surface area contributed by atoms with Crippen molar-refractivity contribution in [3.05, 3.63) is 53.2 Å². The molecule has 96 valence electrons. The molecule has 1 aromatic carbocycles. The van der Waals surface area contributed by atoms with Crippen LogP contribution in [0.25, 0.3) is 0 Å². The minimum atomic E-state index is 0.0659. The van der Waals surface area contributed by atoms with E-state index in [1.807, 2.05) is 24.3 Å². The van der Waals surface area contributed by atoms with E-state index < -0.39 is 0 Å². The van der Waals surface area contributed by atoms with Crippen LogP contribution in [-0.2, 0) is 12.8 Å². The molecule has 2 heterocycles. The summed E-state index contributed by atoms with van der Waals surface area (Å²) < 4.78 is 0. The summed E-state index contributed by atoms with van der Waals surface area (Å²) >= 11 is 0. The normalized spacial score (nSPS) is 12.8. The quantitative estimate of drug-likeness (QED) is 0.821. The maximum Gasteiger partial charge on any atom is 0.167 e. The lowest BCUT2D eigenvalue weighted by molar-refractivity contribution is 0.0993. The van der Waals surface area contributed by atoms with Crippen LogP contribution in [0.15, 0.2) is 36.5 Å². The molecular formula is C15H15N3O. The number of anilines is 2. The number of nitrogens with zero attached hydrogens (tertiary/aromatic N) is 1. The van der Waals surface area contributed by atoms with Gasteiger partial charge in [-0.3, -0.25) is 4.79 Å². The summed E-state index contributed by atoms with van der Waals surface area (Å²) in [5.74, 6) is 0.492. The van der Waals surface area contributed by atoms with E-state index in [9.17, 15) is 4.79 Å². The first-order valence-corrected chi connectivity index (χ1v) is 6.33. The van der Waals surface area contributed by atoms with E-state index in [4.69, 9.17) is 5.73 Å². The Morgan fingerprint density at radius 1 is 1.37 bits per heavy atom. The van der Waals surface area contributed by atoms with E-state index in [0.717, 1.165) is 29.8 Å². The topological polar surface area (TPSA) is 68.0 Å². The Morgan fingerprint density at radius 2 is 2.26 bits per heavy atom. The Morgan fingerprint density at radius 3 is 3.11 bits per heavy atom. The summed E-state index contributed by atoms with van der Waals surface area (Å²) in [5.41, 5.74) is 9.61. The number of nitrogens with one attached hydrogen (secondary N) is 1. The van der Waals surface area contributed by atoms with Gasteiger partial charge < -0.3 is 11.1 Å². The van der Waals surface area contributed by atoms with Gasteiger partial charge in [-0.1, -0.05) is 18.2 Å². The second-order valence-electron chi connectivity index (χ2n) is 4.70. The third kappa shape index (κ3) is 2.29. The van der Waals surface area contributed by atoms with Crippen molar-refractivity contribution in [1.82, 2.24) is 4.98 Å². The van der Waals surface area contributed by atoms with E-state index in [1.54, 1.807) is 12.3 Å². The van der Waals surface area contributed by atoms with Crippen molar-refractivity contribution in [3.63, 3.8) is 0 Å². The standard InChI is InChI=1S/C15H15N3O/c16-15-12(2-1-6-18-15)9-14(19)11-4-3-10-5-7-17-13(10)8-11/h1-4,6,8,17H,5,7,9H2,(H2,16,18). The summed E-state index contributed by atoms with van der Waals surface area (Å²) in [6, 6.07) is 9.47. The fraction of sp³-hybridized carbons (Fsp3) is 0.200. The van der Waals surface area contributed by atoms with Crippen LogP contribution in [0.3, 0.4) is 0 Å². The van der Waals surface area contributed by atoms with Crippen LogP contribution in [-0.4, -0.2) is 17.3 Å². The molecule has 0 saturated heterocycles. The third-order valence-corrected chi connectivity index (χ3v) is 3.42. The zero-order valence-corrected chi connectivity index (χ0v) is 10.5. The first-order valence-electron chi connectivity index (χ1n) is 6.33. The van der Waals surface area contributed by atoms with Gasteiger partial charge >= 0.3 is 0 Å². The molecule has 0 radical (unpaired) electrons. The molecule has 2 aromatic rings. The average Bonchev–Trinajstić information content (AvgIpc) is 2.88. The Bertz CT molecular complexity index is 637. The zero-order chi connectivity index (χ0) is 13.2. The molecule has 0 fully saturated rings. The van der Waals surface area contributed by atoms with Crippen molar-refractivity contribution in [2.75, 3.05) is 17.6 Å². The van der Waals surface area contributed by atoms with Gasteiger partial charge in [0.05, 0.1) is 0 Å². The number of hydrogen-bond donors (Lipinski definition) is 2. The van der Waals surface area contributed by atoms with E-state index >= 15 is 0 Å². The molecule has 0 saturated carbocycles. The molecule has 3 rings (SSSR count). The Balaban J connectivity index is 1.83. The first-order chi connectivity index (χ1) is 9.24. The highest BCUT2D eigenvalue weighted by molar-refractivity contribution is 5.99. The predicted octanol–water partition coefficient (Wildman–Crippen LogP) is 2.06. The van der Waals surface area contributed by atoms with Gasteiger partial charge in [-0.15, -0.1) is 0 Å². The molecule has 19 heavy (non-hydrogen) atoms. The number of fused-ring (bicyclic) bond motifs is 1. The Kier molecular flexibility index (Phi) is 2.91. The average molecular weight is 253 g/mol. The molecular weight excluding hydrogens is 238 g/mol. The van der Waals surface area contributed by atoms with Gasteiger partial charge in [0.1, 0.15) is 5.82 Å². The Labute approximate surface area is 111 Å². The van der Waals surface area contributed by atoms with Crippen molar-refractivity contribution in [2.24, 2.45) is 0 Å². The van der Waals surface area contributed by atoms with Gasteiger partial charge in [-0.05, 0) is 24.1 Å². The van der Waals surface area contributed by atoms with Gasteiger partial charge in [0.25, 0.3) is 0 Å². The summed E-state index contributed by atoms with van der Waals surface area (Å²) in [4.78, 5) is 16.3. The van der Waals surface area contributed by atoms with Crippen LogP contribution in [0.2, 0.25) is 0 Å². The third-order valence-electron chi connectivity index (χ3n) is 3.42. The fourth-order valence-corrected chi connectivity index (χ4v) is 2.34. The number of hydrogen-bond acceptors (Lipinski definition) is 4. The molecule has 0 unspecified atom stereocenters. The van der Waals surface area contributed by atoms with Gasteiger partial charge in [-0.25, -0.2) is 4.98 Å². The van der Waals surface area contributed by atoms with E-state index in [1.165, 1.54) is 5.56 Å². The van der Waals surface area contributed by atoms with Gasteiger partial charge in [0, 0.05) is 36.0 Å².